The van der Waals surface area contributed by atoms with E-state index in [2.05, 4.69) is 8.92 Å². The maximum Gasteiger partial charge on any atom is 0.397 e. The Hall–Kier alpha value is -0.420. The Balaban J connectivity index is 2.76. The van der Waals surface area contributed by atoms with Gasteiger partial charge in [-0.25, -0.2) is 4.18 Å². The van der Waals surface area contributed by atoms with E-state index >= 15 is 0 Å². The lowest BCUT2D eigenvalue weighted by Gasteiger charge is -2.39. The van der Waals surface area contributed by atoms with Gasteiger partial charge in [-0.05, 0) is 0 Å². The average Bonchev–Trinajstić information content (AvgIpc) is 2.25. The highest BCUT2D eigenvalue weighted by Crippen LogP contribution is 2.21. The normalized spacial score (nSPS) is 36.0. The number of nitrogens with one attached hydrogen (secondary N) is 1. The Morgan fingerprint density at radius 1 is 1.05 bits per heavy atom. The van der Waals surface area contributed by atoms with Crippen molar-refractivity contribution >= 4 is 20.7 Å². The molecule has 0 aromatic heterocycles. The monoisotopic (exact) mass is 339 g/mol. The predicted molar refractivity (Wildman–Crippen MR) is 58.9 cm³/mol. The minimum absolute atomic E-state index is 0.938. The Labute approximate surface area is 113 Å². The first kappa shape index (κ1) is 17.6. The Kier molecular flexibility index (Phi) is 5.41. The van der Waals surface area contributed by atoms with E-state index in [4.69, 9.17) is 9.11 Å². The third kappa shape index (κ3) is 5.17. The van der Waals surface area contributed by atoms with E-state index in [0.29, 0.717) is 0 Å². The van der Waals surface area contributed by atoms with Crippen LogP contribution in [0.5, 0.6) is 0 Å². The number of rotatable bonds is 5. The molecule has 5 atom stereocenters. The minimum Gasteiger partial charge on any atom is -0.388 e. The molecule has 6 N–H and O–H groups in total. The first-order valence-electron chi connectivity index (χ1n) is 4.97. The van der Waals surface area contributed by atoms with Crippen LogP contribution in [0.1, 0.15) is 0 Å². The van der Waals surface area contributed by atoms with Crippen molar-refractivity contribution in [3.05, 3.63) is 0 Å². The lowest BCUT2D eigenvalue weighted by atomic mass is 9.98. The zero-order valence-corrected chi connectivity index (χ0v) is 11.2. The van der Waals surface area contributed by atoms with Crippen molar-refractivity contribution < 1.29 is 50.2 Å². The summed E-state index contributed by atoms with van der Waals surface area (Å²) in [4.78, 5) is 0. The fourth-order valence-electron chi connectivity index (χ4n) is 1.54. The maximum atomic E-state index is 10.6. The standard InChI is InChI=1S/C6H13NO11S2/c8-4-2(1-17-20(14,15)16)18-6(10)3(5(4)9)7-19(11,12)13/h2-10H,1H2,(H,11,12,13)(H,14,15,16)/t2-,3-,4-,5-,6-/m1/s1. The van der Waals surface area contributed by atoms with Gasteiger partial charge in [0.2, 0.25) is 0 Å². The van der Waals surface area contributed by atoms with Crippen LogP contribution in [-0.4, -0.2) is 78.5 Å². The van der Waals surface area contributed by atoms with E-state index in [1.165, 1.54) is 4.72 Å². The van der Waals surface area contributed by atoms with Gasteiger partial charge in [0, 0.05) is 0 Å². The molecular weight excluding hydrogens is 326 g/mol. The Morgan fingerprint density at radius 3 is 2.05 bits per heavy atom. The molecule has 120 valence electrons. The molecule has 0 spiro atoms. The summed E-state index contributed by atoms with van der Waals surface area (Å²) in [6, 6.07) is -1.79. The van der Waals surface area contributed by atoms with Gasteiger partial charge in [0.25, 0.3) is 0 Å². The van der Waals surface area contributed by atoms with Crippen molar-refractivity contribution in [1.82, 2.24) is 4.72 Å². The van der Waals surface area contributed by atoms with Crippen molar-refractivity contribution in [3.63, 3.8) is 0 Å². The molecular formula is C6H13NO11S2. The molecule has 0 radical (unpaired) electrons. The van der Waals surface area contributed by atoms with Crippen molar-refractivity contribution in [1.29, 1.82) is 0 Å². The van der Waals surface area contributed by atoms with Gasteiger partial charge in [0.1, 0.15) is 24.4 Å². The molecule has 1 fully saturated rings. The van der Waals surface area contributed by atoms with Crippen molar-refractivity contribution in [2.45, 2.75) is 30.6 Å². The van der Waals surface area contributed by atoms with Gasteiger partial charge in [0.15, 0.2) is 6.29 Å². The summed E-state index contributed by atoms with van der Waals surface area (Å²) < 4.78 is 68.7. The van der Waals surface area contributed by atoms with Crippen LogP contribution in [-0.2, 0) is 29.6 Å². The quantitative estimate of drug-likeness (QED) is 0.267. The third-order valence-corrected chi connectivity index (χ3v) is 3.39. The minimum atomic E-state index is -4.83. The van der Waals surface area contributed by atoms with Crippen molar-refractivity contribution in [2.24, 2.45) is 0 Å². The molecule has 0 aromatic carbocycles. The van der Waals surface area contributed by atoms with Crippen LogP contribution < -0.4 is 4.72 Å². The molecule has 0 unspecified atom stereocenters. The fourth-order valence-corrected chi connectivity index (χ4v) is 2.44. The van der Waals surface area contributed by atoms with Gasteiger partial charge >= 0.3 is 20.7 Å². The average molecular weight is 339 g/mol. The zero-order valence-electron chi connectivity index (χ0n) is 9.60. The zero-order chi connectivity index (χ0) is 15.7. The van der Waals surface area contributed by atoms with Crippen LogP contribution in [0.2, 0.25) is 0 Å². The number of hydrogen-bond acceptors (Lipinski definition) is 9. The summed E-state index contributed by atoms with van der Waals surface area (Å²) >= 11 is 0. The van der Waals surface area contributed by atoms with Crippen LogP contribution in [0.4, 0.5) is 0 Å². The Morgan fingerprint density at radius 2 is 1.60 bits per heavy atom. The van der Waals surface area contributed by atoms with Crippen molar-refractivity contribution in [2.75, 3.05) is 6.61 Å². The summed E-state index contributed by atoms with van der Waals surface area (Å²) in [6.07, 6.45) is -7.37. The molecule has 14 heteroatoms. The molecule has 1 saturated heterocycles. The van der Waals surface area contributed by atoms with E-state index in [9.17, 15) is 32.2 Å². The molecule has 0 aromatic rings. The van der Waals surface area contributed by atoms with Gasteiger partial charge in [0.05, 0.1) is 6.61 Å². The second kappa shape index (κ2) is 6.14. The highest BCUT2D eigenvalue weighted by atomic mass is 32.3. The van der Waals surface area contributed by atoms with Gasteiger partial charge in [-0.2, -0.15) is 21.6 Å². The van der Waals surface area contributed by atoms with E-state index in [1.54, 1.807) is 0 Å². The first-order chi connectivity index (χ1) is 8.91. The highest BCUT2D eigenvalue weighted by molar-refractivity contribution is 7.83. The molecule has 0 bridgehead atoms. The third-order valence-electron chi connectivity index (χ3n) is 2.39. The van der Waals surface area contributed by atoms with Crippen LogP contribution in [0.15, 0.2) is 0 Å². The van der Waals surface area contributed by atoms with Crippen LogP contribution in [0.3, 0.4) is 0 Å². The topological polar surface area (TPSA) is 200 Å². The molecule has 1 heterocycles. The Bertz CT molecular complexity index is 527. The highest BCUT2D eigenvalue weighted by Gasteiger charge is 2.45. The van der Waals surface area contributed by atoms with Crippen LogP contribution in [0, 0.1) is 0 Å². The summed E-state index contributed by atoms with van der Waals surface area (Å²) in [7, 11) is -9.62. The smallest absolute Gasteiger partial charge is 0.388 e. The molecule has 1 aliphatic heterocycles. The first-order valence-corrected chi connectivity index (χ1v) is 7.77. The van der Waals surface area contributed by atoms with E-state index in [0.717, 1.165) is 0 Å². The molecule has 1 aliphatic rings. The van der Waals surface area contributed by atoms with Gasteiger partial charge in [-0.3, -0.25) is 9.11 Å². The van der Waals surface area contributed by atoms with Gasteiger partial charge < -0.3 is 20.1 Å². The second-order valence-corrected chi connectivity index (χ2v) is 6.15. The number of aliphatic hydroxyl groups is 3. The van der Waals surface area contributed by atoms with Gasteiger partial charge in [-0.15, -0.1) is 0 Å². The molecule has 12 nitrogen and oxygen atoms in total. The summed E-state index contributed by atoms with van der Waals surface area (Å²) in [5, 5.41) is 28.6. The van der Waals surface area contributed by atoms with E-state index in [1.807, 2.05) is 0 Å². The van der Waals surface area contributed by atoms with Gasteiger partial charge in [-0.1, -0.05) is 0 Å². The SMILES string of the molecule is O=S(=O)(O)N[C@@H]1[C@@H](O)[C@H](O)[C@@H](COS(=O)(=O)O)O[C@H]1O. The molecule has 1 rings (SSSR count). The summed E-state index contributed by atoms with van der Waals surface area (Å²) in [5.41, 5.74) is 0. The summed E-state index contributed by atoms with van der Waals surface area (Å²) in [6.45, 7) is -0.938. The lowest BCUT2D eigenvalue weighted by molar-refractivity contribution is -0.250. The van der Waals surface area contributed by atoms with E-state index < -0.39 is 58.0 Å². The van der Waals surface area contributed by atoms with E-state index in [-0.39, 0.29) is 0 Å². The van der Waals surface area contributed by atoms with Crippen molar-refractivity contribution in [3.8, 4) is 0 Å². The number of ether oxygens (including phenoxy) is 1. The molecule has 20 heavy (non-hydrogen) atoms. The van der Waals surface area contributed by atoms with Crippen LogP contribution >= 0.6 is 0 Å². The molecule has 0 saturated carbocycles. The maximum absolute atomic E-state index is 10.6. The molecule has 0 aliphatic carbocycles. The second-order valence-electron chi connectivity index (χ2n) is 3.88. The largest absolute Gasteiger partial charge is 0.397 e. The predicted octanol–water partition coefficient (Wildman–Crippen LogP) is -3.99. The van der Waals surface area contributed by atoms with Crippen LogP contribution in [0.25, 0.3) is 0 Å². The summed E-state index contributed by atoms with van der Waals surface area (Å²) in [5.74, 6) is 0. The molecule has 0 amide bonds. The number of aliphatic hydroxyl groups excluding tert-OH is 3. The number of hydrogen-bond donors (Lipinski definition) is 6. The fraction of sp³-hybridized carbons (Fsp3) is 1.00. The lowest BCUT2D eigenvalue weighted by Crippen LogP contribution is -2.64.